The van der Waals surface area contributed by atoms with Crippen molar-refractivity contribution in [2.45, 2.75) is 12.8 Å². The number of benzene rings is 1. The maximum Gasteiger partial charge on any atom is 0.321 e. The number of rotatable bonds is 3. The van der Waals surface area contributed by atoms with Crippen LogP contribution in [0, 0.1) is 5.92 Å². The molecule has 1 aromatic carbocycles. The van der Waals surface area contributed by atoms with Crippen LogP contribution < -0.4 is 10.2 Å². The zero-order valence-electron chi connectivity index (χ0n) is 12.4. The number of carbonyl (C=O) groups is 2. The van der Waals surface area contributed by atoms with Gasteiger partial charge < -0.3 is 20.2 Å². The number of hydrogen-bond donors (Lipinski definition) is 2. The highest BCUT2D eigenvalue weighted by atomic mass is 16.4. The Balaban J connectivity index is 1.96. The van der Waals surface area contributed by atoms with Gasteiger partial charge in [-0.2, -0.15) is 0 Å². The van der Waals surface area contributed by atoms with Gasteiger partial charge in [0.25, 0.3) is 0 Å². The Labute approximate surface area is 124 Å². The summed E-state index contributed by atoms with van der Waals surface area (Å²) in [6, 6.07) is 7.29. The molecule has 1 atom stereocenters. The van der Waals surface area contributed by atoms with Gasteiger partial charge in [0.15, 0.2) is 0 Å². The molecule has 6 nitrogen and oxygen atoms in total. The van der Waals surface area contributed by atoms with Crippen molar-refractivity contribution in [1.29, 1.82) is 0 Å². The van der Waals surface area contributed by atoms with E-state index in [9.17, 15) is 9.59 Å². The molecular weight excluding hydrogens is 270 g/mol. The summed E-state index contributed by atoms with van der Waals surface area (Å²) in [7, 11) is 3.90. The van der Waals surface area contributed by atoms with Gasteiger partial charge in [-0.25, -0.2) is 4.79 Å². The number of nitrogens with zero attached hydrogens (tertiary/aromatic N) is 2. The van der Waals surface area contributed by atoms with Gasteiger partial charge in [-0.3, -0.25) is 4.79 Å². The first-order chi connectivity index (χ1) is 9.97. The van der Waals surface area contributed by atoms with Crippen LogP contribution in [0.4, 0.5) is 16.2 Å². The Kier molecular flexibility index (Phi) is 4.67. The Hall–Kier alpha value is -2.24. The smallest absolute Gasteiger partial charge is 0.321 e. The molecule has 1 aliphatic heterocycles. The van der Waals surface area contributed by atoms with Crippen molar-refractivity contribution in [2.75, 3.05) is 37.4 Å². The summed E-state index contributed by atoms with van der Waals surface area (Å²) in [5.41, 5.74) is 1.76. The Morgan fingerprint density at radius 2 is 1.95 bits per heavy atom. The number of aliphatic carboxylic acids is 1. The zero-order valence-corrected chi connectivity index (χ0v) is 12.4. The number of carbonyl (C=O) groups excluding carboxylic acids is 1. The fourth-order valence-corrected chi connectivity index (χ4v) is 2.41. The molecule has 1 fully saturated rings. The van der Waals surface area contributed by atoms with E-state index >= 15 is 0 Å². The predicted molar refractivity (Wildman–Crippen MR) is 81.7 cm³/mol. The third kappa shape index (κ3) is 3.87. The SMILES string of the molecule is CN(C)c1ccc(NC(=O)N2CCCC(C(=O)O)C2)cc1. The summed E-state index contributed by atoms with van der Waals surface area (Å²) >= 11 is 0. The molecular formula is C15H21N3O3. The molecule has 114 valence electrons. The van der Waals surface area contributed by atoms with E-state index in [4.69, 9.17) is 5.11 Å². The van der Waals surface area contributed by atoms with Crippen LogP contribution in [0.5, 0.6) is 0 Å². The lowest BCUT2D eigenvalue weighted by Gasteiger charge is -2.30. The molecule has 0 aromatic heterocycles. The molecule has 1 aromatic rings. The van der Waals surface area contributed by atoms with Gasteiger partial charge in [0.1, 0.15) is 0 Å². The molecule has 0 aliphatic carbocycles. The summed E-state index contributed by atoms with van der Waals surface area (Å²) in [5.74, 6) is -1.29. The highest BCUT2D eigenvalue weighted by Gasteiger charge is 2.28. The van der Waals surface area contributed by atoms with Crippen LogP contribution >= 0.6 is 0 Å². The zero-order chi connectivity index (χ0) is 15.4. The van der Waals surface area contributed by atoms with Crippen molar-refractivity contribution in [3.63, 3.8) is 0 Å². The molecule has 21 heavy (non-hydrogen) atoms. The lowest BCUT2D eigenvalue weighted by atomic mass is 9.99. The molecule has 0 radical (unpaired) electrons. The van der Waals surface area contributed by atoms with Crippen LogP contribution in [0.25, 0.3) is 0 Å². The summed E-state index contributed by atoms with van der Waals surface area (Å²) in [4.78, 5) is 26.7. The molecule has 1 aliphatic rings. The van der Waals surface area contributed by atoms with Crippen molar-refractivity contribution < 1.29 is 14.7 Å². The molecule has 0 spiro atoms. The van der Waals surface area contributed by atoms with E-state index in [1.165, 1.54) is 0 Å². The van der Waals surface area contributed by atoms with Crippen LogP contribution in [-0.4, -0.2) is 49.2 Å². The maximum absolute atomic E-state index is 12.2. The molecule has 2 N–H and O–H groups in total. The predicted octanol–water partition coefficient (Wildman–Crippen LogP) is 2.08. The second-order valence-electron chi connectivity index (χ2n) is 5.49. The fourth-order valence-electron chi connectivity index (χ4n) is 2.41. The number of carboxylic acid groups (broad SMARTS) is 1. The van der Waals surface area contributed by atoms with Crippen LogP contribution in [-0.2, 0) is 4.79 Å². The summed E-state index contributed by atoms with van der Waals surface area (Å²) < 4.78 is 0. The maximum atomic E-state index is 12.2. The number of hydrogen-bond acceptors (Lipinski definition) is 3. The summed E-state index contributed by atoms with van der Waals surface area (Å²) in [6.07, 6.45) is 1.36. The van der Waals surface area contributed by atoms with Gasteiger partial charge in [0, 0.05) is 38.6 Å². The van der Waals surface area contributed by atoms with Crippen molar-refractivity contribution in [3.8, 4) is 0 Å². The van der Waals surface area contributed by atoms with Crippen LogP contribution in [0.2, 0.25) is 0 Å². The minimum Gasteiger partial charge on any atom is -0.481 e. The van der Waals surface area contributed by atoms with Crippen LogP contribution in [0.15, 0.2) is 24.3 Å². The number of amides is 2. The summed E-state index contributed by atoms with van der Waals surface area (Å²) in [6.45, 7) is 0.877. The van der Waals surface area contributed by atoms with Gasteiger partial charge in [0.05, 0.1) is 5.92 Å². The molecule has 1 unspecified atom stereocenters. The summed E-state index contributed by atoms with van der Waals surface area (Å²) in [5, 5.41) is 11.9. The molecule has 2 rings (SSSR count). The van der Waals surface area contributed by atoms with Crippen molar-refractivity contribution in [3.05, 3.63) is 24.3 Å². The number of urea groups is 1. The third-order valence-electron chi connectivity index (χ3n) is 3.69. The molecule has 1 heterocycles. The molecule has 2 amide bonds. The number of likely N-dealkylation sites (tertiary alicyclic amines) is 1. The highest BCUT2D eigenvalue weighted by molar-refractivity contribution is 5.90. The second-order valence-corrected chi connectivity index (χ2v) is 5.49. The van der Waals surface area contributed by atoms with E-state index in [1.54, 1.807) is 4.90 Å². The molecule has 0 saturated carbocycles. The average molecular weight is 291 g/mol. The van der Waals surface area contributed by atoms with E-state index in [0.29, 0.717) is 18.7 Å². The lowest BCUT2D eigenvalue weighted by Crippen LogP contribution is -2.44. The number of carboxylic acids is 1. The Morgan fingerprint density at radius 3 is 2.52 bits per heavy atom. The van der Waals surface area contributed by atoms with E-state index in [2.05, 4.69) is 5.32 Å². The molecule has 6 heteroatoms. The second kappa shape index (κ2) is 6.47. The van der Waals surface area contributed by atoms with E-state index in [-0.39, 0.29) is 12.6 Å². The minimum absolute atomic E-state index is 0.237. The standard InChI is InChI=1S/C15H21N3O3/c1-17(2)13-7-5-12(6-8-13)16-15(21)18-9-3-4-11(10-18)14(19)20/h5-8,11H,3-4,9-10H2,1-2H3,(H,16,21)(H,19,20). The number of nitrogens with one attached hydrogen (secondary N) is 1. The van der Waals surface area contributed by atoms with Gasteiger partial charge in [-0.05, 0) is 37.1 Å². The number of piperidine rings is 1. The largest absolute Gasteiger partial charge is 0.481 e. The topological polar surface area (TPSA) is 72.9 Å². The van der Waals surface area contributed by atoms with Gasteiger partial charge in [-0.1, -0.05) is 0 Å². The average Bonchev–Trinajstić information content (AvgIpc) is 2.48. The van der Waals surface area contributed by atoms with Crippen molar-refractivity contribution in [1.82, 2.24) is 4.90 Å². The Morgan fingerprint density at radius 1 is 1.29 bits per heavy atom. The number of anilines is 2. The lowest BCUT2D eigenvalue weighted by molar-refractivity contribution is -0.143. The minimum atomic E-state index is -0.831. The van der Waals surface area contributed by atoms with E-state index < -0.39 is 11.9 Å². The monoisotopic (exact) mass is 291 g/mol. The van der Waals surface area contributed by atoms with E-state index in [0.717, 1.165) is 12.1 Å². The normalized spacial score (nSPS) is 18.2. The fraction of sp³-hybridized carbons (Fsp3) is 0.467. The quantitative estimate of drug-likeness (QED) is 0.894. The Bertz CT molecular complexity index is 513. The first-order valence-corrected chi connectivity index (χ1v) is 7.03. The van der Waals surface area contributed by atoms with Gasteiger partial charge >= 0.3 is 12.0 Å². The van der Waals surface area contributed by atoms with Crippen molar-refractivity contribution in [2.24, 2.45) is 5.92 Å². The first kappa shape index (κ1) is 15.2. The highest BCUT2D eigenvalue weighted by Crippen LogP contribution is 2.19. The van der Waals surface area contributed by atoms with Crippen LogP contribution in [0.3, 0.4) is 0 Å². The van der Waals surface area contributed by atoms with E-state index in [1.807, 2.05) is 43.3 Å². The first-order valence-electron chi connectivity index (χ1n) is 7.03. The van der Waals surface area contributed by atoms with Gasteiger partial charge in [0.2, 0.25) is 0 Å². The van der Waals surface area contributed by atoms with Gasteiger partial charge in [-0.15, -0.1) is 0 Å². The molecule has 0 bridgehead atoms. The molecule has 1 saturated heterocycles. The third-order valence-corrected chi connectivity index (χ3v) is 3.69. The van der Waals surface area contributed by atoms with Crippen LogP contribution in [0.1, 0.15) is 12.8 Å². The van der Waals surface area contributed by atoms with Crippen molar-refractivity contribution >= 4 is 23.4 Å².